The van der Waals surface area contributed by atoms with Crippen LogP contribution in [0.5, 0.6) is 0 Å². The molecule has 0 radical (unpaired) electrons. The molecule has 7 nitrogen and oxygen atoms in total. The Morgan fingerprint density at radius 3 is 2.67 bits per heavy atom. The van der Waals surface area contributed by atoms with Crippen LogP contribution in [0.4, 0.5) is 5.69 Å². The van der Waals surface area contributed by atoms with Gasteiger partial charge in [-0.2, -0.15) is 9.41 Å². The number of hydrazone groups is 1. The summed E-state index contributed by atoms with van der Waals surface area (Å²) in [4.78, 5) is 0.151. The number of nitrogens with one attached hydrogen (secondary N) is 2. The van der Waals surface area contributed by atoms with Gasteiger partial charge in [0.25, 0.3) is 0 Å². The number of thiocarbonyl (C=S) groups is 1. The Morgan fingerprint density at radius 1 is 1.15 bits per heavy atom. The first kappa shape index (κ1) is 24.1. The summed E-state index contributed by atoms with van der Waals surface area (Å²) in [5.74, 6) is 0. The Bertz CT molecular complexity index is 1210. The van der Waals surface area contributed by atoms with Gasteiger partial charge in [0.15, 0.2) is 5.11 Å². The summed E-state index contributed by atoms with van der Waals surface area (Å²) >= 11 is 11.7. The molecule has 0 bridgehead atoms. The van der Waals surface area contributed by atoms with Crippen molar-refractivity contribution in [3.8, 4) is 0 Å². The van der Waals surface area contributed by atoms with E-state index in [0.29, 0.717) is 37.0 Å². The standard InChI is InChI=1S/C23H27ClN4O3S2/c1-15-12-16(2)18-4-3-5-21(19(18)13-15)26-27-23(32)25-22-14-17(6-7-20(22)24)33(29,30)28-8-10-31-11-9-28/h6-7,12-14H,3-5,8-11H2,1-2H3,(H2,25,27,32)/b26-21-. The Morgan fingerprint density at radius 2 is 1.91 bits per heavy atom. The summed E-state index contributed by atoms with van der Waals surface area (Å²) in [6.45, 7) is 5.63. The van der Waals surface area contributed by atoms with Crippen LogP contribution in [-0.2, 0) is 21.2 Å². The number of sulfonamides is 1. The van der Waals surface area contributed by atoms with Gasteiger partial charge in [-0.05, 0) is 80.7 Å². The van der Waals surface area contributed by atoms with Gasteiger partial charge in [-0.25, -0.2) is 8.42 Å². The topological polar surface area (TPSA) is 83.0 Å². The summed E-state index contributed by atoms with van der Waals surface area (Å²) in [5, 5.41) is 8.14. The second-order valence-corrected chi connectivity index (χ2v) is 11.0. The van der Waals surface area contributed by atoms with Crippen LogP contribution in [0.1, 0.15) is 35.1 Å². The zero-order chi connectivity index (χ0) is 23.6. The van der Waals surface area contributed by atoms with E-state index in [4.69, 9.17) is 28.6 Å². The minimum absolute atomic E-state index is 0.151. The number of halogens is 1. The van der Waals surface area contributed by atoms with Gasteiger partial charge in [0, 0.05) is 18.7 Å². The largest absolute Gasteiger partial charge is 0.379 e. The van der Waals surface area contributed by atoms with Crippen molar-refractivity contribution in [2.45, 2.75) is 38.0 Å². The molecule has 0 saturated carbocycles. The van der Waals surface area contributed by atoms with Crippen LogP contribution in [0.3, 0.4) is 0 Å². The monoisotopic (exact) mass is 506 g/mol. The molecule has 0 amide bonds. The Balaban J connectivity index is 1.50. The number of hydrogen-bond donors (Lipinski definition) is 2. The van der Waals surface area contributed by atoms with E-state index in [-0.39, 0.29) is 10.0 Å². The van der Waals surface area contributed by atoms with E-state index in [1.54, 1.807) is 6.07 Å². The third kappa shape index (κ3) is 5.38. The lowest BCUT2D eigenvalue weighted by molar-refractivity contribution is 0.0730. The molecule has 1 fully saturated rings. The molecule has 2 N–H and O–H groups in total. The first-order valence-corrected chi connectivity index (χ1v) is 13.1. The van der Waals surface area contributed by atoms with Crippen LogP contribution >= 0.6 is 23.8 Å². The molecular formula is C23H27ClN4O3S2. The van der Waals surface area contributed by atoms with Crippen molar-refractivity contribution in [2.24, 2.45) is 5.10 Å². The molecular weight excluding hydrogens is 480 g/mol. The predicted octanol–water partition coefficient (Wildman–Crippen LogP) is 4.00. The van der Waals surface area contributed by atoms with Gasteiger partial charge in [-0.15, -0.1) is 0 Å². The van der Waals surface area contributed by atoms with E-state index in [1.165, 1.54) is 33.1 Å². The molecule has 1 aliphatic carbocycles. The van der Waals surface area contributed by atoms with Gasteiger partial charge in [-0.3, -0.25) is 5.43 Å². The van der Waals surface area contributed by atoms with Gasteiger partial charge in [0.05, 0.1) is 34.5 Å². The molecule has 33 heavy (non-hydrogen) atoms. The van der Waals surface area contributed by atoms with Crippen molar-refractivity contribution in [2.75, 3.05) is 31.6 Å². The lowest BCUT2D eigenvalue weighted by atomic mass is 9.86. The molecule has 2 aromatic rings. The number of aryl methyl sites for hydroxylation is 2. The Labute approximate surface area is 205 Å². The SMILES string of the molecule is Cc1cc(C)c2c(c1)/C(=N\NC(=S)Nc1cc(S(=O)(=O)N3CCOCC3)ccc1Cl)CCC2. The van der Waals surface area contributed by atoms with Crippen molar-refractivity contribution in [3.63, 3.8) is 0 Å². The predicted molar refractivity (Wildman–Crippen MR) is 136 cm³/mol. The second kappa shape index (κ2) is 10.1. The van der Waals surface area contributed by atoms with E-state index in [1.807, 2.05) is 0 Å². The third-order valence-electron chi connectivity index (χ3n) is 5.85. The number of ether oxygens (including phenoxy) is 1. The summed E-state index contributed by atoms with van der Waals surface area (Å²) in [6.07, 6.45) is 2.94. The van der Waals surface area contributed by atoms with E-state index >= 15 is 0 Å². The number of morpholine rings is 1. The molecule has 0 spiro atoms. The highest BCUT2D eigenvalue weighted by Crippen LogP contribution is 2.28. The molecule has 2 aromatic carbocycles. The lowest BCUT2D eigenvalue weighted by Crippen LogP contribution is -2.40. The molecule has 0 aromatic heterocycles. The van der Waals surface area contributed by atoms with Gasteiger partial charge in [-0.1, -0.05) is 23.2 Å². The fourth-order valence-electron chi connectivity index (χ4n) is 4.24. The summed E-state index contributed by atoms with van der Waals surface area (Å²) in [7, 11) is -3.64. The molecule has 1 aliphatic heterocycles. The fourth-order valence-corrected chi connectivity index (χ4v) is 5.99. The molecule has 1 heterocycles. The zero-order valence-electron chi connectivity index (χ0n) is 18.7. The lowest BCUT2D eigenvalue weighted by Gasteiger charge is -2.26. The Kier molecular flexibility index (Phi) is 7.35. The van der Waals surface area contributed by atoms with Gasteiger partial charge < -0.3 is 10.1 Å². The van der Waals surface area contributed by atoms with Crippen LogP contribution in [0, 0.1) is 13.8 Å². The molecule has 0 atom stereocenters. The second-order valence-electron chi connectivity index (χ2n) is 8.24. The molecule has 4 rings (SSSR count). The minimum Gasteiger partial charge on any atom is -0.379 e. The number of anilines is 1. The van der Waals surface area contributed by atoms with Crippen molar-refractivity contribution >= 4 is 50.4 Å². The summed E-state index contributed by atoms with van der Waals surface area (Å²) in [5.41, 5.74) is 9.23. The quantitative estimate of drug-likeness (QED) is 0.481. The normalized spacial score (nSPS) is 18.1. The molecule has 176 valence electrons. The first-order valence-electron chi connectivity index (χ1n) is 10.9. The Hall–Kier alpha value is -2.04. The first-order chi connectivity index (χ1) is 15.8. The van der Waals surface area contributed by atoms with E-state index in [2.05, 4.69) is 41.8 Å². The molecule has 0 unspecified atom stereocenters. The number of rotatable bonds is 4. The number of nitrogens with zero attached hydrogens (tertiary/aromatic N) is 2. The smallest absolute Gasteiger partial charge is 0.243 e. The maximum Gasteiger partial charge on any atom is 0.243 e. The summed E-state index contributed by atoms with van der Waals surface area (Å²) in [6, 6.07) is 8.90. The minimum atomic E-state index is -3.64. The van der Waals surface area contributed by atoms with Crippen molar-refractivity contribution in [1.82, 2.24) is 9.73 Å². The maximum atomic E-state index is 13.0. The zero-order valence-corrected chi connectivity index (χ0v) is 21.0. The van der Waals surface area contributed by atoms with Crippen molar-refractivity contribution in [3.05, 3.63) is 57.6 Å². The summed E-state index contributed by atoms with van der Waals surface area (Å²) < 4.78 is 32.6. The van der Waals surface area contributed by atoms with E-state index in [0.717, 1.165) is 30.5 Å². The van der Waals surface area contributed by atoms with Crippen LogP contribution in [0.2, 0.25) is 5.02 Å². The van der Waals surface area contributed by atoms with Crippen molar-refractivity contribution < 1.29 is 13.2 Å². The molecule has 1 saturated heterocycles. The number of fused-ring (bicyclic) bond motifs is 1. The molecule has 2 aliphatic rings. The van der Waals surface area contributed by atoms with Crippen LogP contribution in [0.25, 0.3) is 0 Å². The van der Waals surface area contributed by atoms with E-state index < -0.39 is 10.0 Å². The average molecular weight is 507 g/mol. The molecule has 10 heteroatoms. The highest BCUT2D eigenvalue weighted by atomic mass is 35.5. The van der Waals surface area contributed by atoms with Crippen molar-refractivity contribution in [1.29, 1.82) is 0 Å². The van der Waals surface area contributed by atoms with E-state index in [9.17, 15) is 8.42 Å². The highest BCUT2D eigenvalue weighted by Gasteiger charge is 2.27. The third-order valence-corrected chi connectivity index (χ3v) is 8.27. The van der Waals surface area contributed by atoms with Crippen LogP contribution in [-0.4, -0.2) is 49.9 Å². The average Bonchev–Trinajstić information content (AvgIpc) is 2.79. The number of benzene rings is 2. The maximum absolute atomic E-state index is 13.0. The van der Waals surface area contributed by atoms with Gasteiger partial charge in [0.2, 0.25) is 10.0 Å². The van der Waals surface area contributed by atoms with Crippen LogP contribution < -0.4 is 10.7 Å². The van der Waals surface area contributed by atoms with Gasteiger partial charge >= 0.3 is 0 Å². The highest BCUT2D eigenvalue weighted by molar-refractivity contribution is 7.89. The fraction of sp³-hybridized carbons (Fsp3) is 0.391. The number of hydrogen-bond acceptors (Lipinski definition) is 5. The van der Waals surface area contributed by atoms with Gasteiger partial charge in [0.1, 0.15) is 0 Å². The van der Waals surface area contributed by atoms with Crippen LogP contribution in [0.15, 0.2) is 40.3 Å².